The fourth-order valence-electron chi connectivity index (χ4n) is 2.65. The lowest BCUT2D eigenvalue weighted by Crippen LogP contribution is -2.39. The Kier molecular flexibility index (Phi) is 6.77. The van der Waals surface area contributed by atoms with Gasteiger partial charge in [0, 0.05) is 30.6 Å². The molecule has 2 aromatic carbocycles. The van der Waals surface area contributed by atoms with Crippen LogP contribution in [0.4, 0.5) is 8.78 Å². The third kappa shape index (κ3) is 5.51. The van der Waals surface area contributed by atoms with Gasteiger partial charge in [-0.25, -0.2) is 8.78 Å². The Balaban J connectivity index is 1.53. The van der Waals surface area contributed by atoms with E-state index in [-0.39, 0.29) is 6.04 Å². The Labute approximate surface area is 172 Å². The van der Waals surface area contributed by atoms with Gasteiger partial charge in [0.15, 0.2) is 17.6 Å². The first kappa shape index (κ1) is 20.7. The van der Waals surface area contributed by atoms with E-state index in [1.807, 2.05) is 19.1 Å². The number of aromatic nitrogens is 2. The van der Waals surface area contributed by atoms with Gasteiger partial charge in [0.05, 0.1) is 6.04 Å². The Hall–Kier alpha value is -3.00. The van der Waals surface area contributed by atoms with Crippen molar-refractivity contribution in [1.29, 1.82) is 0 Å². The molecule has 1 atom stereocenters. The van der Waals surface area contributed by atoms with Crippen molar-refractivity contribution < 1.29 is 13.3 Å². The van der Waals surface area contributed by atoms with Crippen LogP contribution in [0, 0.1) is 11.6 Å². The van der Waals surface area contributed by atoms with Gasteiger partial charge < -0.3 is 15.2 Å². The molecule has 0 fully saturated rings. The van der Waals surface area contributed by atoms with E-state index >= 15 is 0 Å². The van der Waals surface area contributed by atoms with Crippen molar-refractivity contribution >= 4 is 17.6 Å². The van der Waals surface area contributed by atoms with Gasteiger partial charge >= 0.3 is 0 Å². The normalized spacial score (nSPS) is 12.7. The van der Waals surface area contributed by atoms with Crippen molar-refractivity contribution in [2.45, 2.75) is 19.4 Å². The number of nitrogens with zero attached hydrogens (tertiary/aromatic N) is 3. The minimum Gasteiger partial charge on any atom is -0.356 e. The summed E-state index contributed by atoms with van der Waals surface area (Å²) in [6, 6.07) is 10.7. The molecular formula is C20H20ClF2N5O. The van der Waals surface area contributed by atoms with Crippen LogP contribution in [-0.4, -0.2) is 29.7 Å². The average Bonchev–Trinajstić information content (AvgIpc) is 3.18. The van der Waals surface area contributed by atoms with Gasteiger partial charge in [-0.3, -0.25) is 4.99 Å². The number of guanidine groups is 1. The zero-order valence-electron chi connectivity index (χ0n) is 15.9. The molecule has 0 saturated carbocycles. The lowest BCUT2D eigenvalue weighted by Gasteiger charge is -2.18. The summed E-state index contributed by atoms with van der Waals surface area (Å²) in [5.74, 6) is -0.309. The summed E-state index contributed by atoms with van der Waals surface area (Å²) in [6.45, 7) is 2.32. The highest BCUT2D eigenvalue weighted by Gasteiger charge is 2.12. The van der Waals surface area contributed by atoms with E-state index in [0.29, 0.717) is 41.2 Å². The molecule has 0 aliphatic carbocycles. The van der Waals surface area contributed by atoms with E-state index in [1.165, 1.54) is 6.07 Å². The third-order valence-electron chi connectivity index (χ3n) is 4.20. The molecule has 2 N–H and O–H groups in total. The van der Waals surface area contributed by atoms with Crippen molar-refractivity contribution in [3.8, 4) is 11.4 Å². The molecule has 0 spiro atoms. The van der Waals surface area contributed by atoms with Crippen molar-refractivity contribution in [2.24, 2.45) is 4.99 Å². The first-order valence-electron chi connectivity index (χ1n) is 8.97. The third-order valence-corrected chi connectivity index (χ3v) is 4.44. The van der Waals surface area contributed by atoms with Crippen LogP contribution >= 0.6 is 11.6 Å². The summed E-state index contributed by atoms with van der Waals surface area (Å²) >= 11 is 5.98. The second-order valence-electron chi connectivity index (χ2n) is 6.31. The van der Waals surface area contributed by atoms with E-state index < -0.39 is 11.6 Å². The molecule has 0 aliphatic heterocycles. The Morgan fingerprint density at radius 2 is 2.03 bits per heavy atom. The molecule has 1 unspecified atom stereocenters. The molecule has 0 aliphatic rings. The molecule has 1 heterocycles. The predicted molar refractivity (Wildman–Crippen MR) is 108 cm³/mol. The van der Waals surface area contributed by atoms with Gasteiger partial charge in [0.25, 0.3) is 0 Å². The van der Waals surface area contributed by atoms with E-state index in [1.54, 1.807) is 19.2 Å². The molecule has 152 valence electrons. The molecule has 6 nitrogen and oxygen atoms in total. The lowest BCUT2D eigenvalue weighted by atomic mass is 10.1. The highest BCUT2D eigenvalue weighted by atomic mass is 35.5. The summed E-state index contributed by atoms with van der Waals surface area (Å²) in [7, 11) is 1.62. The van der Waals surface area contributed by atoms with E-state index in [0.717, 1.165) is 17.7 Å². The fourth-order valence-corrected chi connectivity index (χ4v) is 2.84. The van der Waals surface area contributed by atoms with Gasteiger partial charge in [-0.2, -0.15) is 4.98 Å². The second-order valence-corrected chi connectivity index (χ2v) is 6.75. The first-order valence-corrected chi connectivity index (χ1v) is 9.34. The molecule has 29 heavy (non-hydrogen) atoms. The van der Waals surface area contributed by atoms with Crippen LogP contribution in [0.25, 0.3) is 11.4 Å². The van der Waals surface area contributed by atoms with Crippen LogP contribution in [0.1, 0.15) is 24.4 Å². The monoisotopic (exact) mass is 419 g/mol. The number of benzene rings is 2. The zero-order chi connectivity index (χ0) is 20.8. The molecule has 3 rings (SSSR count). The highest BCUT2D eigenvalue weighted by molar-refractivity contribution is 6.30. The summed E-state index contributed by atoms with van der Waals surface area (Å²) in [5.41, 5.74) is 1.38. The van der Waals surface area contributed by atoms with Crippen LogP contribution in [0.3, 0.4) is 0 Å². The van der Waals surface area contributed by atoms with Crippen molar-refractivity contribution in [1.82, 2.24) is 20.8 Å². The van der Waals surface area contributed by atoms with Crippen LogP contribution < -0.4 is 10.6 Å². The van der Waals surface area contributed by atoms with Crippen LogP contribution in [-0.2, 0) is 6.42 Å². The van der Waals surface area contributed by atoms with Gasteiger partial charge in [-0.15, -0.1) is 0 Å². The van der Waals surface area contributed by atoms with Crippen LogP contribution in [0.5, 0.6) is 0 Å². The van der Waals surface area contributed by atoms with E-state index in [9.17, 15) is 8.78 Å². The molecule has 0 saturated heterocycles. The number of aliphatic imine (C=N–C) groups is 1. The molecule has 1 aromatic heterocycles. The number of hydrogen-bond acceptors (Lipinski definition) is 4. The fraction of sp³-hybridized carbons (Fsp3) is 0.250. The van der Waals surface area contributed by atoms with Crippen molar-refractivity contribution in [2.75, 3.05) is 13.6 Å². The maximum Gasteiger partial charge on any atom is 0.228 e. The number of halogens is 3. The maximum atomic E-state index is 13.4. The maximum absolute atomic E-state index is 13.4. The first-order chi connectivity index (χ1) is 14.0. The summed E-state index contributed by atoms with van der Waals surface area (Å²) in [6.07, 6.45) is 0.480. The van der Waals surface area contributed by atoms with E-state index in [2.05, 4.69) is 25.8 Å². The molecule has 9 heteroatoms. The second kappa shape index (κ2) is 9.47. The summed E-state index contributed by atoms with van der Waals surface area (Å²) < 4.78 is 31.8. The molecule has 0 radical (unpaired) electrons. The lowest BCUT2D eigenvalue weighted by molar-refractivity contribution is 0.378. The van der Waals surface area contributed by atoms with Crippen LogP contribution in [0.2, 0.25) is 5.02 Å². The SMILES string of the molecule is CN=C(NCCc1nc(-c2cccc(Cl)c2)no1)NC(C)c1ccc(F)c(F)c1. The van der Waals surface area contributed by atoms with E-state index in [4.69, 9.17) is 16.1 Å². The molecule has 3 aromatic rings. The molecule has 0 amide bonds. The largest absolute Gasteiger partial charge is 0.356 e. The van der Waals surface area contributed by atoms with Gasteiger partial charge in [0.1, 0.15) is 0 Å². The van der Waals surface area contributed by atoms with Crippen LogP contribution in [0.15, 0.2) is 52.0 Å². The number of nitrogens with one attached hydrogen (secondary N) is 2. The minimum absolute atomic E-state index is 0.269. The van der Waals surface area contributed by atoms with Crippen molar-refractivity contribution in [3.63, 3.8) is 0 Å². The topological polar surface area (TPSA) is 75.3 Å². The van der Waals surface area contributed by atoms with Gasteiger partial charge in [-0.05, 0) is 36.8 Å². The summed E-state index contributed by atoms with van der Waals surface area (Å²) in [5, 5.41) is 10.8. The number of rotatable bonds is 6. The van der Waals surface area contributed by atoms with Crippen molar-refractivity contribution in [3.05, 3.63) is 70.6 Å². The standard InChI is InChI=1S/C20H20ClF2N5O/c1-12(13-6-7-16(22)17(23)11-13)26-20(24-2)25-9-8-18-27-19(28-29-18)14-4-3-5-15(21)10-14/h3-7,10-12H,8-9H2,1-2H3,(H2,24,25,26). The predicted octanol–water partition coefficient (Wildman–Crippen LogP) is 4.14. The smallest absolute Gasteiger partial charge is 0.228 e. The Bertz CT molecular complexity index is 1010. The quantitative estimate of drug-likeness (QED) is 0.464. The summed E-state index contributed by atoms with van der Waals surface area (Å²) in [4.78, 5) is 8.49. The number of hydrogen-bond donors (Lipinski definition) is 2. The van der Waals surface area contributed by atoms with Gasteiger partial charge in [-0.1, -0.05) is 35.0 Å². The Morgan fingerprint density at radius 3 is 2.76 bits per heavy atom. The average molecular weight is 420 g/mol. The minimum atomic E-state index is -0.883. The highest BCUT2D eigenvalue weighted by Crippen LogP contribution is 2.20. The molecule has 0 bridgehead atoms. The van der Waals surface area contributed by atoms with Gasteiger partial charge in [0.2, 0.25) is 11.7 Å². The molecular weight excluding hydrogens is 400 g/mol. The zero-order valence-corrected chi connectivity index (χ0v) is 16.7. The Morgan fingerprint density at radius 1 is 1.21 bits per heavy atom.